The molecule has 1 aromatic heterocycles. The van der Waals surface area contributed by atoms with Gasteiger partial charge in [-0.15, -0.1) is 0 Å². The van der Waals surface area contributed by atoms with E-state index in [9.17, 15) is 14.0 Å². The zero-order valence-corrected chi connectivity index (χ0v) is 14.7. The number of likely N-dealkylation sites (tertiary alicyclic amines) is 1. The third-order valence-electron chi connectivity index (χ3n) is 4.76. The summed E-state index contributed by atoms with van der Waals surface area (Å²) in [6, 6.07) is 11.8. The lowest BCUT2D eigenvalue weighted by Gasteiger charge is -2.18. The van der Waals surface area contributed by atoms with Crippen molar-refractivity contribution in [3.8, 4) is 0 Å². The lowest BCUT2D eigenvalue weighted by atomic mass is 9.88. The second-order valence-electron chi connectivity index (χ2n) is 6.46. The molecule has 6 heteroatoms. The van der Waals surface area contributed by atoms with Crippen molar-refractivity contribution in [2.75, 3.05) is 13.1 Å². The van der Waals surface area contributed by atoms with Gasteiger partial charge in [0.15, 0.2) is 0 Å². The summed E-state index contributed by atoms with van der Waals surface area (Å²) in [4.78, 5) is 30.8. The fourth-order valence-corrected chi connectivity index (χ4v) is 3.38. The molecule has 0 aliphatic carbocycles. The highest BCUT2D eigenvalue weighted by atomic mass is 19.1. The molecule has 136 valence electrons. The van der Waals surface area contributed by atoms with Crippen LogP contribution in [0.3, 0.4) is 0 Å². The third-order valence-corrected chi connectivity index (χ3v) is 4.76. The SMILES string of the molecule is CCC(=O)N1CC(C(=O)NCc2ccccn2)C(c2cccc(F)c2)C1. The topological polar surface area (TPSA) is 62.3 Å². The van der Waals surface area contributed by atoms with Crippen LogP contribution in [0.15, 0.2) is 48.7 Å². The summed E-state index contributed by atoms with van der Waals surface area (Å²) in [5.74, 6) is -1.10. The van der Waals surface area contributed by atoms with E-state index in [4.69, 9.17) is 0 Å². The first-order valence-corrected chi connectivity index (χ1v) is 8.79. The lowest BCUT2D eigenvalue weighted by Crippen LogP contribution is -2.35. The van der Waals surface area contributed by atoms with Crippen LogP contribution in [0.1, 0.15) is 30.5 Å². The van der Waals surface area contributed by atoms with Gasteiger partial charge in [-0.25, -0.2) is 4.39 Å². The van der Waals surface area contributed by atoms with Crippen molar-refractivity contribution in [1.82, 2.24) is 15.2 Å². The highest BCUT2D eigenvalue weighted by Crippen LogP contribution is 2.33. The molecule has 0 spiro atoms. The quantitative estimate of drug-likeness (QED) is 0.896. The molecule has 2 amide bonds. The number of hydrogen-bond acceptors (Lipinski definition) is 3. The first-order valence-electron chi connectivity index (χ1n) is 8.79. The van der Waals surface area contributed by atoms with Gasteiger partial charge < -0.3 is 10.2 Å². The van der Waals surface area contributed by atoms with E-state index in [2.05, 4.69) is 10.3 Å². The first kappa shape index (κ1) is 18.0. The molecule has 0 saturated carbocycles. The number of pyridine rings is 1. The predicted molar refractivity (Wildman–Crippen MR) is 95.6 cm³/mol. The smallest absolute Gasteiger partial charge is 0.225 e. The molecule has 1 saturated heterocycles. The molecule has 5 nitrogen and oxygen atoms in total. The Hall–Kier alpha value is -2.76. The maximum atomic E-state index is 13.7. The Morgan fingerprint density at radius 2 is 2.08 bits per heavy atom. The lowest BCUT2D eigenvalue weighted by molar-refractivity contribution is -0.130. The van der Waals surface area contributed by atoms with E-state index in [1.165, 1.54) is 12.1 Å². The molecule has 2 unspecified atom stereocenters. The number of nitrogens with zero attached hydrogens (tertiary/aromatic N) is 2. The van der Waals surface area contributed by atoms with Crippen LogP contribution in [0.2, 0.25) is 0 Å². The van der Waals surface area contributed by atoms with Crippen molar-refractivity contribution in [2.45, 2.75) is 25.8 Å². The Kier molecular flexibility index (Phi) is 5.61. The van der Waals surface area contributed by atoms with E-state index >= 15 is 0 Å². The largest absolute Gasteiger partial charge is 0.350 e. The number of rotatable bonds is 5. The van der Waals surface area contributed by atoms with Crippen LogP contribution in [0, 0.1) is 11.7 Å². The summed E-state index contributed by atoms with van der Waals surface area (Å²) in [7, 11) is 0. The summed E-state index contributed by atoms with van der Waals surface area (Å²) >= 11 is 0. The van der Waals surface area contributed by atoms with Crippen LogP contribution in [-0.2, 0) is 16.1 Å². The highest BCUT2D eigenvalue weighted by Gasteiger charge is 2.39. The van der Waals surface area contributed by atoms with E-state index in [1.54, 1.807) is 24.1 Å². The average Bonchev–Trinajstić information content (AvgIpc) is 3.12. The van der Waals surface area contributed by atoms with Gasteiger partial charge in [-0.05, 0) is 29.8 Å². The molecule has 2 heterocycles. The van der Waals surface area contributed by atoms with Gasteiger partial charge in [-0.3, -0.25) is 14.6 Å². The van der Waals surface area contributed by atoms with Gasteiger partial charge in [-0.2, -0.15) is 0 Å². The molecule has 1 N–H and O–H groups in total. The van der Waals surface area contributed by atoms with E-state index in [0.717, 1.165) is 11.3 Å². The van der Waals surface area contributed by atoms with Crippen LogP contribution >= 0.6 is 0 Å². The molecule has 2 atom stereocenters. The Morgan fingerprint density at radius 1 is 1.23 bits per heavy atom. The standard InChI is InChI=1S/C20H22FN3O2/c1-2-19(25)24-12-17(14-6-5-7-15(21)10-14)18(13-24)20(26)23-11-16-8-3-4-9-22-16/h3-10,17-18H,2,11-13H2,1H3,(H,23,26). The van der Waals surface area contributed by atoms with Gasteiger partial charge in [0, 0.05) is 31.6 Å². The van der Waals surface area contributed by atoms with Crippen LogP contribution in [-0.4, -0.2) is 34.8 Å². The first-order chi connectivity index (χ1) is 12.6. The minimum Gasteiger partial charge on any atom is -0.350 e. The van der Waals surface area contributed by atoms with Crippen LogP contribution in [0.4, 0.5) is 4.39 Å². The Morgan fingerprint density at radius 3 is 2.77 bits per heavy atom. The van der Waals surface area contributed by atoms with Gasteiger partial charge in [-0.1, -0.05) is 25.1 Å². The van der Waals surface area contributed by atoms with Crippen molar-refractivity contribution in [3.63, 3.8) is 0 Å². The van der Waals surface area contributed by atoms with Gasteiger partial charge in [0.25, 0.3) is 0 Å². The summed E-state index contributed by atoms with van der Waals surface area (Å²) in [6.45, 7) is 2.90. The van der Waals surface area contributed by atoms with Crippen molar-refractivity contribution < 1.29 is 14.0 Å². The fraction of sp³-hybridized carbons (Fsp3) is 0.350. The number of aromatic nitrogens is 1. The second-order valence-corrected chi connectivity index (χ2v) is 6.46. The second kappa shape index (κ2) is 8.08. The Bertz CT molecular complexity index is 782. The highest BCUT2D eigenvalue weighted by molar-refractivity contribution is 5.83. The average molecular weight is 355 g/mol. The number of amides is 2. The molecule has 1 fully saturated rings. The monoisotopic (exact) mass is 355 g/mol. The van der Waals surface area contributed by atoms with E-state index in [-0.39, 0.29) is 23.5 Å². The van der Waals surface area contributed by atoms with Crippen molar-refractivity contribution in [1.29, 1.82) is 0 Å². The summed E-state index contributed by atoms with van der Waals surface area (Å²) < 4.78 is 13.7. The van der Waals surface area contributed by atoms with Crippen molar-refractivity contribution in [3.05, 3.63) is 65.7 Å². The molecule has 1 aliphatic rings. The van der Waals surface area contributed by atoms with E-state index < -0.39 is 5.92 Å². The summed E-state index contributed by atoms with van der Waals surface area (Å²) in [6.07, 6.45) is 2.06. The van der Waals surface area contributed by atoms with Gasteiger partial charge in [0.2, 0.25) is 11.8 Å². The predicted octanol–water partition coefficient (Wildman–Crippen LogP) is 2.49. The summed E-state index contributed by atoms with van der Waals surface area (Å²) in [5.41, 5.74) is 1.51. The van der Waals surface area contributed by atoms with E-state index in [0.29, 0.717) is 26.1 Å². The number of nitrogens with one attached hydrogen (secondary N) is 1. The molecule has 1 aliphatic heterocycles. The number of benzene rings is 1. The van der Waals surface area contributed by atoms with Crippen LogP contribution < -0.4 is 5.32 Å². The number of carbonyl (C=O) groups excluding carboxylic acids is 2. The molecule has 2 aromatic rings. The normalized spacial score (nSPS) is 19.4. The van der Waals surface area contributed by atoms with Crippen molar-refractivity contribution in [2.24, 2.45) is 5.92 Å². The maximum Gasteiger partial charge on any atom is 0.225 e. The van der Waals surface area contributed by atoms with Crippen LogP contribution in [0.5, 0.6) is 0 Å². The molecule has 3 rings (SSSR count). The Labute approximate surface area is 152 Å². The minimum atomic E-state index is -0.406. The third kappa shape index (κ3) is 4.07. The zero-order chi connectivity index (χ0) is 18.5. The molecule has 1 aromatic carbocycles. The molecule has 0 radical (unpaired) electrons. The molecular weight excluding hydrogens is 333 g/mol. The summed E-state index contributed by atoms with van der Waals surface area (Å²) in [5, 5.41) is 2.90. The van der Waals surface area contributed by atoms with Crippen molar-refractivity contribution >= 4 is 11.8 Å². The fourth-order valence-electron chi connectivity index (χ4n) is 3.38. The Balaban J connectivity index is 1.76. The van der Waals surface area contributed by atoms with E-state index in [1.807, 2.05) is 24.3 Å². The van der Waals surface area contributed by atoms with Gasteiger partial charge in [0.05, 0.1) is 18.2 Å². The number of hydrogen-bond donors (Lipinski definition) is 1. The molecule has 0 bridgehead atoms. The molecule has 26 heavy (non-hydrogen) atoms. The maximum absolute atomic E-state index is 13.7. The zero-order valence-electron chi connectivity index (χ0n) is 14.7. The van der Waals surface area contributed by atoms with Gasteiger partial charge >= 0.3 is 0 Å². The minimum absolute atomic E-state index is 0.00595. The number of halogens is 1. The number of carbonyl (C=O) groups is 2. The van der Waals surface area contributed by atoms with Gasteiger partial charge in [0.1, 0.15) is 5.82 Å². The molecular formula is C20H22FN3O2. The van der Waals surface area contributed by atoms with Crippen LogP contribution in [0.25, 0.3) is 0 Å².